The van der Waals surface area contributed by atoms with E-state index in [1.807, 2.05) is 0 Å². The summed E-state index contributed by atoms with van der Waals surface area (Å²) in [4.78, 5) is 12.3. The molecule has 0 aromatic heterocycles. The van der Waals surface area contributed by atoms with Crippen molar-refractivity contribution < 1.29 is 14.6 Å². The van der Waals surface area contributed by atoms with Gasteiger partial charge in [0.1, 0.15) is 0 Å². The summed E-state index contributed by atoms with van der Waals surface area (Å²) in [6, 6.07) is 6.31. The molecule has 0 saturated carbocycles. The number of amides is 1. The maximum absolute atomic E-state index is 11.1. The van der Waals surface area contributed by atoms with Crippen molar-refractivity contribution in [2.75, 3.05) is 14.1 Å². The normalized spacial score (nSPS) is 9.38. The molecule has 0 bridgehead atoms. The van der Waals surface area contributed by atoms with Gasteiger partial charge in [0.05, 0.1) is 0 Å². The zero-order valence-corrected chi connectivity index (χ0v) is 7.52. The van der Waals surface area contributed by atoms with Crippen LogP contribution in [0.1, 0.15) is 0 Å². The molecule has 0 atom stereocenters. The second kappa shape index (κ2) is 3.80. The fourth-order valence-electron chi connectivity index (χ4n) is 0.729. The Kier molecular flexibility index (Phi) is 2.74. The molecule has 0 radical (unpaired) electrons. The summed E-state index contributed by atoms with van der Waals surface area (Å²) in [7, 11) is 3.14. The Balaban J connectivity index is 2.75. The average molecular weight is 181 g/mol. The zero-order chi connectivity index (χ0) is 9.84. The predicted octanol–water partition coefficient (Wildman–Crippen LogP) is 1.45. The maximum Gasteiger partial charge on any atom is 0.414 e. The molecule has 0 aliphatic rings. The lowest BCUT2D eigenvalue weighted by Gasteiger charge is -2.10. The molecular weight excluding hydrogens is 170 g/mol. The number of rotatable bonds is 1. The third-order valence-corrected chi connectivity index (χ3v) is 1.43. The number of nitrogens with zero attached hydrogens (tertiary/aromatic N) is 1. The first-order valence-electron chi connectivity index (χ1n) is 3.78. The molecule has 1 amide bonds. The Bertz CT molecular complexity index is 309. The molecule has 1 aromatic rings. The lowest BCUT2D eigenvalue weighted by atomic mass is 10.3. The van der Waals surface area contributed by atoms with Crippen LogP contribution in [-0.2, 0) is 0 Å². The van der Waals surface area contributed by atoms with Crippen LogP contribution in [-0.4, -0.2) is 30.2 Å². The fourth-order valence-corrected chi connectivity index (χ4v) is 0.729. The number of hydrogen-bond acceptors (Lipinski definition) is 3. The number of phenols is 1. The molecule has 0 aliphatic heterocycles. The molecule has 0 saturated heterocycles. The van der Waals surface area contributed by atoms with Gasteiger partial charge in [-0.3, -0.25) is 0 Å². The van der Waals surface area contributed by atoms with Crippen molar-refractivity contribution in [3.8, 4) is 11.5 Å². The van der Waals surface area contributed by atoms with Crippen LogP contribution in [0.25, 0.3) is 0 Å². The summed E-state index contributed by atoms with van der Waals surface area (Å²) in [5, 5.41) is 9.25. The van der Waals surface area contributed by atoms with Crippen molar-refractivity contribution in [1.29, 1.82) is 0 Å². The largest absolute Gasteiger partial charge is 0.504 e. The molecule has 1 N–H and O–H groups in total. The van der Waals surface area contributed by atoms with Gasteiger partial charge < -0.3 is 14.7 Å². The second-order valence-corrected chi connectivity index (χ2v) is 2.73. The van der Waals surface area contributed by atoms with E-state index in [2.05, 4.69) is 0 Å². The van der Waals surface area contributed by atoms with Gasteiger partial charge >= 0.3 is 6.09 Å². The van der Waals surface area contributed by atoms with Gasteiger partial charge in [-0.25, -0.2) is 4.79 Å². The highest BCUT2D eigenvalue weighted by atomic mass is 16.6. The minimum absolute atomic E-state index is 0.0438. The third-order valence-electron chi connectivity index (χ3n) is 1.43. The summed E-state index contributed by atoms with van der Waals surface area (Å²) < 4.78 is 4.84. The van der Waals surface area contributed by atoms with Gasteiger partial charge in [-0.2, -0.15) is 0 Å². The Hall–Kier alpha value is -1.71. The monoisotopic (exact) mass is 181 g/mol. The zero-order valence-electron chi connectivity index (χ0n) is 7.52. The van der Waals surface area contributed by atoms with Crippen LogP contribution < -0.4 is 4.74 Å². The lowest BCUT2D eigenvalue weighted by Crippen LogP contribution is -2.25. The van der Waals surface area contributed by atoms with Crippen LogP contribution in [0.5, 0.6) is 11.5 Å². The van der Waals surface area contributed by atoms with E-state index in [0.717, 1.165) is 0 Å². The van der Waals surface area contributed by atoms with Crippen molar-refractivity contribution in [2.45, 2.75) is 0 Å². The molecule has 0 unspecified atom stereocenters. The fraction of sp³-hybridized carbons (Fsp3) is 0.222. The van der Waals surface area contributed by atoms with Crippen LogP contribution in [0.2, 0.25) is 0 Å². The topological polar surface area (TPSA) is 49.8 Å². The highest BCUT2D eigenvalue weighted by molar-refractivity contribution is 5.70. The predicted molar refractivity (Wildman–Crippen MR) is 47.8 cm³/mol. The standard InChI is InChI=1S/C9H11NO3/c1-10(2)9(12)13-8-6-4-3-5-7(8)11/h3-6,11H,1-2H3. The van der Waals surface area contributed by atoms with Gasteiger partial charge in [0.15, 0.2) is 11.5 Å². The molecule has 4 nitrogen and oxygen atoms in total. The molecule has 0 fully saturated rings. The molecule has 4 heteroatoms. The van der Waals surface area contributed by atoms with Crippen molar-refractivity contribution >= 4 is 6.09 Å². The van der Waals surface area contributed by atoms with E-state index in [0.29, 0.717) is 0 Å². The van der Waals surface area contributed by atoms with Gasteiger partial charge in [-0.05, 0) is 12.1 Å². The first-order valence-corrected chi connectivity index (χ1v) is 3.78. The number of hydrogen-bond donors (Lipinski definition) is 1. The van der Waals surface area contributed by atoms with E-state index < -0.39 is 6.09 Å². The third kappa shape index (κ3) is 2.37. The van der Waals surface area contributed by atoms with Crippen LogP contribution in [0, 0.1) is 0 Å². The van der Waals surface area contributed by atoms with Crippen molar-refractivity contribution in [1.82, 2.24) is 4.90 Å². The Morgan fingerprint density at radius 2 is 2.00 bits per heavy atom. The van der Waals surface area contributed by atoms with Gasteiger partial charge in [0.2, 0.25) is 0 Å². The van der Waals surface area contributed by atoms with Crippen LogP contribution in [0.4, 0.5) is 4.79 Å². The molecule has 1 aromatic carbocycles. The number of aromatic hydroxyl groups is 1. The SMILES string of the molecule is CN(C)C(=O)Oc1ccccc1O. The number of phenolic OH excluding ortho intramolecular Hbond substituents is 1. The minimum Gasteiger partial charge on any atom is -0.504 e. The first kappa shape index (κ1) is 9.38. The van der Waals surface area contributed by atoms with E-state index in [1.165, 1.54) is 17.0 Å². The Labute approximate surface area is 76.4 Å². The van der Waals surface area contributed by atoms with E-state index in [9.17, 15) is 9.90 Å². The number of benzene rings is 1. The van der Waals surface area contributed by atoms with Crippen molar-refractivity contribution in [3.63, 3.8) is 0 Å². The van der Waals surface area contributed by atoms with Crippen LogP contribution >= 0.6 is 0 Å². The van der Waals surface area contributed by atoms with Crippen molar-refractivity contribution in [2.24, 2.45) is 0 Å². The summed E-state index contributed by atoms with van der Waals surface area (Å²) in [5.74, 6) is 0.124. The lowest BCUT2D eigenvalue weighted by molar-refractivity contribution is 0.170. The summed E-state index contributed by atoms with van der Waals surface area (Å²) in [6.07, 6.45) is -0.512. The second-order valence-electron chi connectivity index (χ2n) is 2.73. The number of ether oxygens (including phenoxy) is 1. The molecule has 0 heterocycles. The molecule has 70 valence electrons. The Morgan fingerprint density at radius 3 is 2.54 bits per heavy atom. The average Bonchev–Trinajstić information content (AvgIpc) is 2.08. The highest BCUT2D eigenvalue weighted by Gasteiger charge is 2.08. The smallest absolute Gasteiger partial charge is 0.414 e. The summed E-state index contributed by atoms with van der Waals surface area (Å²) in [6.45, 7) is 0. The summed E-state index contributed by atoms with van der Waals surface area (Å²) >= 11 is 0. The van der Waals surface area contributed by atoms with E-state index >= 15 is 0 Å². The minimum atomic E-state index is -0.512. The molecule has 1 rings (SSSR count). The van der Waals surface area contributed by atoms with Gasteiger partial charge in [-0.15, -0.1) is 0 Å². The quantitative estimate of drug-likeness (QED) is 0.713. The van der Waals surface area contributed by atoms with Gasteiger partial charge in [-0.1, -0.05) is 12.1 Å². The summed E-state index contributed by atoms with van der Waals surface area (Å²) in [5.41, 5.74) is 0. The van der Waals surface area contributed by atoms with E-state index in [4.69, 9.17) is 4.74 Å². The van der Waals surface area contributed by atoms with Crippen LogP contribution in [0.3, 0.4) is 0 Å². The van der Waals surface area contributed by atoms with Gasteiger partial charge in [0.25, 0.3) is 0 Å². The maximum atomic E-state index is 11.1. The number of para-hydroxylation sites is 2. The van der Waals surface area contributed by atoms with Crippen molar-refractivity contribution in [3.05, 3.63) is 24.3 Å². The van der Waals surface area contributed by atoms with Crippen LogP contribution in [0.15, 0.2) is 24.3 Å². The molecular formula is C9H11NO3. The number of carbonyl (C=O) groups excluding carboxylic acids is 1. The molecule has 13 heavy (non-hydrogen) atoms. The Morgan fingerprint density at radius 1 is 1.38 bits per heavy atom. The van der Waals surface area contributed by atoms with Gasteiger partial charge in [0, 0.05) is 14.1 Å². The first-order chi connectivity index (χ1) is 6.11. The molecule has 0 aliphatic carbocycles. The molecule has 0 spiro atoms. The van der Waals surface area contributed by atoms with E-state index in [1.54, 1.807) is 26.2 Å². The number of carbonyl (C=O) groups is 1. The highest BCUT2D eigenvalue weighted by Crippen LogP contribution is 2.24. The van der Waals surface area contributed by atoms with E-state index in [-0.39, 0.29) is 11.5 Å².